The van der Waals surface area contributed by atoms with Gasteiger partial charge in [-0.2, -0.15) is 0 Å². The van der Waals surface area contributed by atoms with Gasteiger partial charge < -0.3 is 14.9 Å². The number of aliphatic carboxylic acids is 1. The minimum atomic E-state index is -0.749. The van der Waals surface area contributed by atoms with Crippen LogP contribution >= 0.6 is 0 Å². The molecule has 4 heteroatoms. The van der Waals surface area contributed by atoms with Crippen LogP contribution in [-0.4, -0.2) is 38.3 Å². The molecule has 0 spiro atoms. The third-order valence-corrected chi connectivity index (χ3v) is 2.82. The first-order valence-electron chi connectivity index (χ1n) is 6.28. The van der Waals surface area contributed by atoms with Crippen molar-refractivity contribution in [3.8, 4) is 0 Å². The summed E-state index contributed by atoms with van der Waals surface area (Å²) < 4.78 is 0. The Kier molecular flexibility index (Phi) is 5.49. The van der Waals surface area contributed by atoms with Gasteiger partial charge in [-0.25, -0.2) is 0 Å². The molecule has 0 aliphatic carbocycles. The van der Waals surface area contributed by atoms with E-state index in [-0.39, 0.29) is 6.42 Å². The lowest BCUT2D eigenvalue weighted by Gasteiger charge is -2.24. The fourth-order valence-corrected chi connectivity index (χ4v) is 1.83. The normalized spacial score (nSPS) is 10.2. The second kappa shape index (κ2) is 6.89. The Bertz CT molecular complexity index is 374. The van der Waals surface area contributed by atoms with Crippen molar-refractivity contribution in [2.45, 2.75) is 19.8 Å². The van der Waals surface area contributed by atoms with Crippen molar-refractivity contribution in [3.63, 3.8) is 0 Å². The maximum Gasteiger partial charge on any atom is 0.305 e. The Morgan fingerprint density at radius 1 is 1.11 bits per heavy atom. The lowest BCUT2D eigenvalue weighted by molar-refractivity contribution is -0.136. The summed E-state index contributed by atoms with van der Waals surface area (Å²) in [6, 6.07) is 8.21. The van der Waals surface area contributed by atoms with E-state index >= 15 is 0 Å². The fourth-order valence-electron chi connectivity index (χ4n) is 1.83. The molecule has 1 aromatic rings. The standard InChI is InChI=1S/C14H22N2O2/c1-4-10-16(11-9-14(17)18)13-7-5-12(6-8-13)15(2)3/h5-8H,4,9-11H2,1-3H3,(H,17,18). The number of hydrogen-bond donors (Lipinski definition) is 1. The van der Waals surface area contributed by atoms with Gasteiger partial charge in [0.05, 0.1) is 6.42 Å². The molecule has 0 aromatic heterocycles. The minimum absolute atomic E-state index is 0.176. The first-order valence-corrected chi connectivity index (χ1v) is 6.28. The van der Waals surface area contributed by atoms with Crippen molar-refractivity contribution in [1.82, 2.24) is 0 Å². The van der Waals surface area contributed by atoms with Crippen molar-refractivity contribution < 1.29 is 9.90 Å². The third-order valence-electron chi connectivity index (χ3n) is 2.82. The van der Waals surface area contributed by atoms with Crippen molar-refractivity contribution in [2.75, 3.05) is 37.0 Å². The van der Waals surface area contributed by atoms with Gasteiger partial charge in [0, 0.05) is 38.6 Å². The van der Waals surface area contributed by atoms with Gasteiger partial charge in [-0.15, -0.1) is 0 Å². The van der Waals surface area contributed by atoms with Crippen LogP contribution in [0.1, 0.15) is 19.8 Å². The van der Waals surface area contributed by atoms with E-state index in [1.807, 2.05) is 31.1 Å². The highest BCUT2D eigenvalue weighted by molar-refractivity contribution is 5.68. The highest BCUT2D eigenvalue weighted by Crippen LogP contribution is 2.19. The largest absolute Gasteiger partial charge is 0.481 e. The van der Waals surface area contributed by atoms with Crippen LogP contribution in [0.5, 0.6) is 0 Å². The van der Waals surface area contributed by atoms with Gasteiger partial charge in [-0.05, 0) is 30.7 Å². The van der Waals surface area contributed by atoms with Crippen molar-refractivity contribution in [1.29, 1.82) is 0 Å². The molecule has 4 nitrogen and oxygen atoms in total. The van der Waals surface area contributed by atoms with Crippen LogP contribution in [0.15, 0.2) is 24.3 Å². The van der Waals surface area contributed by atoms with Crippen molar-refractivity contribution >= 4 is 17.3 Å². The first-order chi connectivity index (χ1) is 8.54. The minimum Gasteiger partial charge on any atom is -0.481 e. The second-order valence-electron chi connectivity index (χ2n) is 4.54. The first kappa shape index (κ1) is 14.4. The topological polar surface area (TPSA) is 43.8 Å². The van der Waals surface area contributed by atoms with Crippen LogP contribution in [0, 0.1) is 0 Å². The SMILES string of the molecule is CCCN(CCC(=O)O)c1ccc(N(C)C)cc1. The van der Waals surface area contributed by atoms with E-state index in [9.17, 15) is 4.79 Å². The van der Waals surface area contributed by atoms with Gasteiger partial charge >= 0.3 is 5.97 Å². The molecule has 18 heavy (non-hydrogen) atoms. The Labute approximate surface area is 109 Å². The van der Waals surface area contributed by atoms with Crippen LogP contribution in [-0.2, 0) is 4.79 Å². The van der Waals surface area contributed by atoms with E-state index in [1.54, 1.807) is 0 Å². The van der Waals surface area contributed by atoms with Crippen molar-refractivity contribution in [3.05, 3.63) is 24.3 Å². The summed E-state index contributed by atoms with van der Waals surface area (Å²) in [5.41, 5.74) is 2.23. The Morgan fingerprint density at radius 3 is 2.11 bits per heavy atom. The van der Waals surface area contributed by atoms with Crippen LogP contribution in [0.2, 0.25) is 0 Å². The summed E-state index contributed by atoms with van der Waals surface area (Å²) in [6.07, 6.45) is 1.19. The molecule has 0 unspecified atom stereocenters. The molecular formula is C14H22N2O2. The smallest absolute Gasteiger partial charge is 0.305 e. The lowest BCUT2D eigenvalue weighted by Crippen LogP contribution is -2.26. The third kappa shape index (κ3) is 4.28. The molecule has 1 N–H and O–H groups in total. The molecule has 0 saturated heterocycles. The molecular weight excluding hydrogens is 228 g/mol. The average molecular weight is 250 g/mol. The van der Waals surface area contributed by atoms with Gasteiger partial charge in [0.1, 0.15) is 0 Å². The summed E-state index contributed by atoms with van der Waals surface area (Å²) in [6.45, 7) is 3.54. The van der Waals surface area contributed by atoms with E-state index in [4.69, 9.17) is 5.11 Å². The maximum atomic E-state index is 10.6. The van der Waals surface area contributed by atoms with Crippen molar-refractivity contribution in [2.24, 2.45) is 0 Å². The number of carboxylic acid groups (broad SMARTS) is 1. The van der Waals surface area contributed by atoms with Gasteiger partial charge in [-0.3, -0.25) is 4.79 Å². The molecule has 1 aromatic carbocycles. The molecule has 0 radical (unpaired) electrons. The number of rotatable bonds is 7. The molecule has 0 aliphatic rings. The molecule has 1 rings (SSSR count). The summed E-state index contributed by atoms with van der Waals surface area (Å²) in [5.74, 6) is -0.749. The summed E-state index contributed by atoms with van der Waals surface area (Å²) in [5, 5.41) is 8.76. The highest BCUT2D eigenvalue weighted by Gasteiger charge is 2.08. The lowest BCUT2D eigenvalue weighted by atomic mass is 10.2. The quantitative estimate of drug-likeness (QED) is 0.807. The van der Waals surface area contributed by atoms with Gasteiger partial charge in [0.2, 0.25) is 0 Å². The average Bonchev–Trinajstić information content (AvgIpc) is 2.34. The van der Waals surface area contributed by atoms with Crippen LogP contribution in [0.3, 0.4) is 0 Å². The molecule has 0 bridgehead atoms. The van der Waals surface area contributed by atoms with E-state index < -0.39 is 5.97 Å². The van der Waals surface area contributed by atoms with Gasteiger partial charge in [-0.1, -0.05) is 6.92 Å². The molecule has 0 heterocycles. The molecule has 0 saturated carbocycles. The Hall–Kier alpha value is -1.71. The second-order valence-corrected chi connectivity index (χ2v) is 4.54. The molecule has 0 atom stereocenters. The number of hydrogen-bond acceptors (Lipinski definition) is 3. The van der Waals surface area contributed by atoms with Crippen LogP contribution in [0.25, 0.3) is 0 Å². The van der Waals surface area contributed by atoms with Gasteiger partial charge in [0.25, 0.3) is 0 Å². The van der Waals surface area contributed by atoms with Crippen LogP contribution in [0.4, 0.5) is 11.4 Å². The summed E-state index contributed by atoms with van der Waals surface area (Å²) in [7, 11) is 4.01. The van der Waals surface area contributed by atoms with Crippen LogP contribution < -0.4 is 9.80 Å². The fraction of sp³-hybridized carbons (Fsp3) is 0.500. The number of nitrogens with zero attached hydrogens (tertiary/aromatic N) is 2. The van der Waals surface area contributed by atoms with E-state index in [2.05, 4.69) is 24.0 Å². The zero-order valence-electron chi connectivity index (χ0n) is 11.4. The Morgan fingerprint density at radius 2 is 1.67 bits per heavy atom. The predicted octanol–water partition coefficient (Wildman–Crippen LogP) is 2.44. The zero-order chi connectivity index (χ0) is 13.5. The van der Waals surface area contributed by atoms with E-state index in [0.29, 0.717) is 6.54 Å². The predicted molar refractivity (Wildman–Crippen MR) is 75.5 cm³/mol. The summed E-state index contributed by atoms with van der Waals surface area (Å²) in [4.78, 5) is 14.8. The molecule has 0 amide bonds. The number of anilines is 2. The number of benzene rings is 1. The monoisotopic (exact) mass is 250 g/mol. The molecule has 0 aliphatic heterocycles. The van der Waals surface area contributed by atoms with E-state index in [0.717, 1.165) is 24.3 Å². The maximum absolute atomic E-state index is 10.6. The molecule has 100 valence electrons. The zero-order valence-corrected chi connectivity index (χ0v) is 11.4. The van der Waals surface area contributed by atoms with Gasteiger partial charge in [0.15, 0.2) is 0 Å². The molecule has 0 fully saturated rings. The van der Waals surface area contributed by atoms with E-state index in [1.165, 1.54) is 0 Å². The highest BCUT2D eigenvalue weighted by atomic mass is 16.4. The number of carbonyl (C=O) groups is 1. The Balaban J connectivity index is 2.75. The summed E-state index contributed by atoms with van der Waals surface area (Å²) >= 11 is 0. The number of carboxylic acids is 1.